The van der Waals surface area contributed by atoms with Gasteiger partial charge in [0.05, 0.1) is 5.39 Å². The molecule has 0 bridgehead atoms. The normalized spacial score (nSPS) is 10.7. The molecule has 0 unspecified atom stereocenters. The lowest BCUT2D eigenvalue weighted by Gasteiger charge is -2.07. The van der Waals surface area contributed by atoms with Crippen molar-refractivity contribution in [1.29, 1.82) is 0 Å². The van der Waals surface area contributed by atoms with E-state index in [-0.39, 0.29) is 5.75 Å². The molecule has 3 heteroatoms. The predicted octanol–water partition coefficient (Wildman–Crippen LogP) is 2.85. The van der Waals surface area contributed by atoms with Crippen LogP contribution >= 0.6 is 0 Å². The number of aromatic hydroxyl groups is 1. The van der Waals surface area contributed by atoms with E-state index in [1.165, 1.54) is 12.3 Å². The van der Waals surface area contributed by atoms with Crippen LogP contribution in [0.15, 0.2) is 60.8 Å². The molecule has 0 amide bonds. The average Bonchev–Trinajstić information content (AvgIpc) is 2.40. The van der Waals surface area contributed by atoms with Gasteiger partial charge in [0, 0.05) is 17.7 Å². The number of benzene rings is 2. The Balaban J connectivity index is 2.37. The standard InChI is InChI=1S/C15H11NO2/c17-12-6-7-15-14(10-12)13(8-9-16(15)18)11-4-2-1-3-5-11/h1-10,17H. The van der Waals surface area contributed by atoms with E-state index in [2.05, 4.69) is 0 Å². The van der Waals surface area contributed by atoms with Crippen molar-refractivity contribution in [3.63, 3.8) is 0 Å². The van der Waals surface area contributed by atoms with E-state index in [1.54, 1.807) is 18.2 Å². The molecule has 18 heavy (non-hydrogen) atoms. The van der Waals surface area contributed by atoms with Crippen LogP contribution in [0.5, 0.6) is 5.75 Å². The number of hydrogen-bond donors (Lipinski definition) is 1. The van der Waals surface area contributed by atoms with Crippen molar-refractivity contribution < 1.29 is 9.84 Å². The topological polar surface area (TPSA) is 47.2 Å². The maximum Gasteiger partial charge on any atom is 0.224 e. The van der Waals surface area contributed by atoms with Crippen LogP contribution in [-0.4, -0.2) is 5.11 Å². The molecule has 1 N–H and O–H groups in total. The number of phenolic OH excluding ortho intramolecular Hbond substituents is 1. The molecule has 3 rings (SSSR count). The van der Waals surface area contributed by atoms with Crippen LogP contribution < -0.4 is 4.73 Å². The molecule has 0 aliphatic rings. The van der Waals surface area contributed by atoms with Gasteiger partial charge in [-0.15, -0.1) is 0 Å². The molecule has 0 fully saturated rings. The Labute approximate surface area is 104 Å². The number of phenols is 1. The van der Waals surface area contributed by atoms with Crippen LogP contribution in [0.4, 0.5) is 0 Å². The molecular weight excluding hydrogens is 226 g/mol. The zero-order valence-electron chi connectivity index (χ0n) is 9.58. The second-order valence-corrected chi connectivity index (χ2v) is 4.12. The number of hydrogen-bond acceptors (Lipinski definition) is 2. The van der Waals surface area contributed by atoms with Gasteiger partial charge in [0.1, 0.15) is 5.75 Å². The molecule has 3 aromatic rings. The van der Waals surface area contributed by atoms with Gasteiger partial charge in [-0.05, 0) is 17.7 Å². The fourth-order valence-corrected chi connectivity index (χ4v) is 2.11. The zero-order valence-corrected chi connectivity index (χ0v) is 9.58. The predicted molar refractivity (Wildman–Crippen MR) is 70.0 cm³/mol. The van der Waals surface area contributed by atoms with Gasteiger partial charge in [0.2, 0.25) is 5.52 Å². The number of nitrogens with zero attached hydrogens (tertiary/aromatic N) is 1. The lowest BCUT2D eigenvalue weighted by atomic mass is 10.0. The van der Waals surface area contributed by atoms with Gasteiger partial charge in [-0.25, -0.2) is 0 Å². The summed E-state index contributed by atoms with van der Waals surface area (Å²) >= 11 is 0. The minimum atomic E-state index is 0.158. The van der Waals surface area contributed by atoms with Crippen molar-refractivity contribution >= 4 is 10.9 Å². The summed E-state index contributed by atoms with van der Waals surface area (Å²) in [6.07, 6.45) is 1.49. The monoisotopic (exact) mass is 237 g/mol. The number of aromatic nitrogens is 1. The Morgan fingerprint density at radius 3 is 2.50 bits per heavy atom. The Bertz CT molecular complexity index is 708. The van der Waals surface area contributed by atoms with Crippen molar-refractivity contribution in [3.8, 4) is 16.9 Å². The Morgan fingerprint density at radius 2 is 1.72 bits per heavy atom. The van der Waals surface area contributed by atoms with Gasteiger partial charge in [-0.1, -0.05) is 30.3 Å². The van der Waals surface area contributed by atoms with Crippen LogP contribution in [-0.2, 0) is 0 Å². The lowest BCUT2D eigenvalue weighted by molar-refractivity contribution is -0.576. The Kier molecular flexibility index (Phi) is 2.38. The van der Waals surface area contributed by atoms with Crippen molar-refractivity contribution in [2.75, 3.05) is 0 Å². The molecule has 0 atom stereocenters. The first-order chi connectivity index (χ1) is 8.75. The highest BCUT2D eigenvalue weighted by Gasteiger charge is 2.10. The van der Waals surface area contributed by atoms with Crippen LogP contribution in [0.25, 0.3) is 22.0 Å². The van der Waals surface area contributed by atoms with E-state index in [0.29, 0.717) is 5.52 Å². The van der Waals surface area contributed by atoms with E-state index in [0.717, 1.165) is 21.2 Å². The smallest absolute Gasteiger partial charge is 0.224 e. The van der Waals surface area contributed by atoms with Gasteiger partial charge in [0.15, 0.2) is 6.20 Å². The van der Waals surface area contributed by atoms with Gasteiger partial charge in [-0.3, -0.25) is 0 Å². The van der Waals surface area contributed by atoms with Crippen LogP contribution in [0.2, 0.25) is 0 Å². The molecule has 0 spiro atoms. The minimum Gasteiger partial charge on any atom is -0.618 e. The van der Waals surface area contributed by atoms with Crippen LogP contribution in [0.3, 0.4) is 0 Å². The summed E-state index contributed by atoms with van der Waals surface area (Å²) in [5.74, 6) is 0.158. The summed E-state index contributed by atoms with van der Waals surface area (Å²) in [5.41, 5.74) is 2.51. The maximum absolute atomic E-state index is 11.7. The van der Waals surface area contributed by atoms with Crippen molar-refractivity contribution in [3.05, 3.63) is 66.0 Å². The molecule has 2 aromatic carbocycles. The molecule has 88 valence electrons. The first kappa shape index (κ1) is 10.6. The highest BCUT2D eigenvalue weighted by Crippen LogP contribution is 2.28. The lowest BCUT2D eigenvalue weighted by Crippen LogP contribution is -2.25. The van der Waals surface area contributed by atoms with E-state index in [4.69, 9.17) is 0 Å². The second kappa shape index (κ2) is 4.04. The summed E-state index contributed by atoms with van der Waals surface area (Å²) < 4.78 is 0.807. The van der Waals surface area contributed by atoms with Gasteiger partial charge in [-0.2, -0.15) is 4.73 Å². The number of rotatable bonds is 1. The third-order valence-corrected chi connectivity index (χ3v) is 2.97. The highest BCUT2D eigenvalue weighted by atomic mass is 16.5. The Morgan fingerprint density at radius 1 is 0.944 bits per heavy atom. The fraction of sp³-hybridized carbons (Fsp3) is 0. The van der Waals surface area contributed by atoms with Gasteiger partial charge >= 0.3 is 0 Å². The van der Waals surface area contributed by atoms with E-state index in [1.807, 2.05) is 30.3 Å². The largest absolute Gasteiger partial charge is 0.618 e. The molecule has 0 aliphatic heterocycles. The average molecular weight is 237 g/mol. The molecule has 0 radical (unpaired) electrons. The molecule has 0 aliphatic carbocycles. The summed E-state index contributed by atoms with van der Waals surface area (Å²) in [7, 11) is 0. The summed E-state index contributed by atoms with van der Waals surface area (Å²) in [5, 5.41) is 22.0. The van der Waals surface area contributed by atoms with Gasteiger partial charge in [0.25, 0.3) is 0 Å². The first-order valence-electron chi connectivity index (χ1n) is 5.66. The quantitative estimate of drug-likeness (QED) is 0.522. The minimum absolute atomic E-state index is 0.158. The highest BCUT2D eigenvalue weighted by molar-refractivity contribution is 5.93. The molecular formula is C15H11NO2. The van der Waals surface area contributed by atoms with E-state index in [9.17, 15) is 10.3 Å². The molecule has 0 saturated carbocycles. The maximum atomic E-state index is 11.7. The van der Waals surface area contributed by atoms with Crippen molar-refractivity contribution in [2.24, 2.45) is 0 Å². The number of pyridine rings is 1. The summed E-state index contributed by atoms with van der Waals surface area (Å²) in [6, 6.07) is 16.3. The molecule has 0 saturated heterocycles. The first-order valence-corrected chi connectivity index (χ1v) is 5.66. The summed E-state index contributed by atoms with van der Waals surface area (Å²) in [6.45, 7) is 0. The zero-order chi connectivity index (χ0) is 12.5. The second-order valence-electron chi connectivity index (χ2n) is 4.12. The summed E-state index contributed by atoms with van der Waals surface area (Å²) in [4.78, 5) is 0. The molecule has 3 nitrogen and oxygen atoms in total. The number of fused-ring (bicyclic) bond motifs is 1. The third kappa shape index (κ3) is 1.66. The fourth-order valence-electron chi connectivity index (χ4n) is 2.11. The van der Waals surface area contributed by atoms with Crippen molar-refractivity contribution in [2.45, 2.75) is 0 Å². The molecule has 1 heterocycles. The van der Waals surface area contributed by atoms with Gasteiger partial charge < -0.3 is 10.3 Å². The van der Waals surface area contributed by atoms with Crippen LogP contribution in [0.1, 0.15) is 0 Å². The SMILES string of the molecule is [O-][n+]1ccc(-c2ccccc2)c2cc(O)ccc21. The third-order valence-electron chi connectivity index (χ3n) is 2.97. The Hall–Kier alpha value is -2.55. The van der Waals surface area contributed by atoms with Crippen molar-refractivity contribution in [1.82, 2.24) is 0 Å². The van der Waals surface area contributed by atoms with E-state index >= 15 is 0 Å². The van der Waals surface area contributed by atoms with E-state index < -0.39 is 0 Å². The molecule has 1 aromatic heterocycles. The van der Waals surface area contributed by atoms with Crippen LogP contribution in [0, 0.1) is 5.21 Å².